The minimum atomic E-state index is -0.625. The number of carbonyl (C=O) groups excluding carboxylic acids is 2. The van der Waals surface area contributed by atoms with Gasteiger partial charge in [0.15, 0.2) is 0 Å². The van der Waals surface area contributed by atoms with Crippen molar-refractivity contribution in [2.75, 3.05) is 20.2 Å². The fourth-order valence-corrected chi connectivity index (χ4v) is 3.73. The molecule has 124 valence electrons. The van der Waals surface area contributed by atoms with Crippen LogP contribution in [0.4, 0.5) is 4.79 Å². The lowest BCUT2D eigenvalue weighted by Gasteiger charge is -2.35. The maximum absolute atomic E-state index is 12.8. The van der Waals surface area contributed by atoms with Crippen molar-refractivity contribution in [3.8, 4) is 5.75 Å². The molecular weight excluding hydrogens is 316 g/mol. The maximum atomic E-state index is 12.8. The van der Waals surface area contributed by atoms with Crippen molar-refractivity contribution in [3.63, 3.8) is 0 Å². The van der Waals surface area contributed by atoms with Crippen LogP contribution in [0.1, 0.15) is 32.1 Å². The Kier molecular flexibility index (Phi) is 4.48. The third-order valence-electron chi connectivity index (χ3n) is 4.89. The number of nitrogens with zero attached hydrogens (tertiary/aromatic N) is 2. The molecule has 6 heteroatoms. The smallest absolute Gasteiger partial charge is 0.327 e. The first-order valence-corrected chi connectivity index (χ1v) is 8.41. The Hall–Kier alpha value is -1.75. The minimum absolute atomic E-state index is 0.0764. The molecule has 0 radical (unpaired) electrons. The van der Waals surface area contributed by atoms with Gasteiger partial charge in [0.2, 0.25) is 0 Å². The third kappa shape index (κ3) is 2.78. The summed E-state index contributed by atoms with van der Waals surface area (Å²) in [6.07, 6.45) is 4.64. The minimum Gasteiger partial charge on any atom is -0.490 e. The summed E-state index contributed by atoms with van der Waals surface area (Å²) < 4.78 is 5.61. The van der Waals surface area contributed by atoms with Gasteiger partial charge in [-0.15, -0.1) is 0 Å². The number of urea groups is 1. The summed E-state index contributed by atoms with van der Waals surface area (Å²) >= 11 is 6.04. The number of benzene rings is 1. The summed E-state index contributed by atoms with van der Waals surface area (Å²) in [5.74, 6) is 0.487. The molecule has 2 fully saturated rings. The fourth-order valence-electron chi connectivity index (χ4n) is 3.54. The van der Waals surface area contributed by atoms with E-state index >= 15 is 0 Å². The molecule has 2 aliphatic rings. The second-order valence-corrected chi connectivity index (χ2v) is 6.58. The van der Waals surface area contributed by atoms with Gasteiger partial charge in [-0.2, -0.15) is 0 Å². The van der Waals surface area contributed by atoms with E-state index in [9.17, 15) is 9.59 Å². The topological polar surface area (TPSA) is 49.9 Å². The zero-order valence-corrected chi connectivity index (χ0v) is 14.0. The lowest BCUT2D eigenvalue weighted by molar-refractivity contribution is -0.134. The quantitative estimate of drug-likeness (QED) is 0.792. The average Bonchev–Trinajstić information content (AvgIpc) is 2.73. The summed E-state index contributed by atoms with van der Waals surface area (Å²) in [5.41, 5.74) is -0.625. The Morgan fingerprint density at radius 2 is 1.87 bits per heavy atom. The Balaban J connectivity index is 1.65. The average molecular weight is 337 g/mol. The molecule has 0 bridgehead atoms. The molecule has 0 atom stereocenters. The first-order chi connectivity index (χ1) is 11.1. The monoisotopic (exact) mass is 336 g/mol. The van der Waals surface area contributed by atoms with E-state index in [2.05, 4.69) is 0 Å². The fraction of sp³-hybridized carbons (Fsp3) is 0.529. The van der Waals surface area contributed by atoms with Crippen molar-refractivity contribution in [2.24, 2.45) is 0 Å². The number of ether oxygens (including phenoxy) is 1. The molecule has 1 saturated heterocycles. The highest BCUT2D eigenvalue weighted by molar-refractivity contribution is 6.32. The molecule has 1 saturated carbocycles. The second kappa shape index (κ2) is 6.40. The van der Waals surface area contributed by atoms with Crippen LogP contribution >= 0.6 is 11.6 Å². The van der Waals surface area contributed by atoms with Crippen LogP contribution in [-0.2, 0) is 4.79 Å². The highest BCUT2D eigenvalue weighted by Crippen LogP contribution is 2.39. The van der Waals surface area contributed by atoms with Gasteiger partial charge >= 0.3 is 6.03 Å². The van der Waals surface area contributed by atoms with E-state index in [0.717, 1.165) is 32.1 Å². The molecule has 1 aromatic carbocycles. The lowest BCUT2D eigenvalue weighted by Crippen LogP contribution is -2.49. The number of halogens is 1. The van der Waals surface area contributed by atoms with E-state index in [4.69, 9.17) is 16.3 Å². The van der Waals surface area contributed by atoms with E-state index in [1.54, 1.807) is 24.1 Å². The zero-order valence-electron chi connectivity index (χ0n) is 13.3. The van der Waals surface area contributed by atoms with Gasteiger partial charge in [0.05, 0.1) is 11.6 Å². The molecular formula is C17H21ClN2O3. The molecule has 1 aromatic rings. The van der Waals surface area contributed by atoms with Crippen molar-refractivity contribution in [1.29, 1.82) is 0 Å². The molecule has 1 heterocycles. The van der Waals surface area contributed by atoms with Gasteiger partial charge in [0, 0.05) is 7.05 Å². The van der Waals surface area contributed by atoms with Crippen LogP contribution in [0.2, 0.25) is 5.02 Å². The summed E-state index contributed by atoms with van der Waals surface area (Å²) in [4.78, 5) is 28.2. The highest BCUT2D eigenvalue weighted by atomic mass is 35.5. The molecule has 3 amide bonds. The van der Waals surface area contributed by atoms with Crippen LogP contribution in [0, 0.1) is 0 Å². The Morgan fingerprint density at radius 3 is 2.57 bits per heavy atom. The number of carbonyl (C=O) groups is 2. The number of rotatable bonds is 4. The molecule has 23 heavy (non-hydrogen) atoms. The number of likely N-dealkylation sites (N-methyl/N-ethyl adjacent to an activating group) is 1. The lowest BCUT2D eigenvalue weighted by atomic mass is 9.81. The number of hydrogen-bond donors (Lipinski definition) is 0. The number of para-hydroxylation sites is 1. The maximum Gasteiger partial charge on any atom is 0.327 e. The van der Waals surface area contributed by atoms with Gasteiger partial charge in [-0.25, -0.2) is 4.79 Å². The summed E-state index contributed by atoms with van der Waals surface area (Å²) in [7, 11) is 1.74. The summed E-state index contributed by atoms with van der Waals surface area (Å²) in [5, 5.41) is 0.521. The Bertz CT molecular complexity index is 614. The molecule has 3 rings (SSSR count). The number of amides is 3. The molecule has 1 aliphatic carbocycles. The number of hydrogen-bond acceptors (Lipinski definition) is 3. The largest absolute Gasteiger partial charge is 0.490 e. The molecule has 0 unspecified atom stereocenters. The van der Waals surface area contributed by atoms with Crippen molar-refractivity contribution < 1.29 is 14.3 Å². The van der Waals surface area contributed by atoms with Crippen LogP contribution < -0.4 is 4.74 Å². The second-order valence-electron chi connectivity index (χ2n) is 6.17. The van der Waals surface area contributed by atoms with Crippen molar-refractivity contribution in [3.05, 3.63) is 29.3 Å². The SMILES string of the molecule is CN1C(=O)N(CCOc2ccccc2Cl)C(=O)C12CCCCC2. The zero-order chi connectivity index (χ0) is 16.4. The predicted octanol–water partition coefficient (Wildman–Crippen LogP) is 3.32. The van der Waals surface area contributed by atoms with E-state index in [1.165, 1.54) is 4.90 Å². The van der Waals surface area contributed by atoms with Crippen LogP contribution in [-0.4, -0.2) is 47.5 Å². The van der Waals surface area contributed by atoms with E-state index in [0.29, 0.717) is 10.8 Å². The first kappa shape index (κ1) is 16.1. The van der Waals surface area contributed by atoms with E-state index < -0.39 is 5.54 Å². The van der Waals surface area contributed by atoms with E-state index in [1.807, 2.05) is 12.1 Å². The molecule has 0 aromatic heterocycles. The third-order valence-corrected chi connectivity index (χ3v) is 5.21. The van der Waals surface area contributed by atoms with Crippen LogP contribution in [0.5, 0.6) is 5.75 Å². The predicted molar refractivity (Wildman–Crippen MR) is 87.6 cm³/mol. The van der Waals surface area contributed by atoms with Crippen LogP contribution in [0.25, 0.3) is 0 Å². The van der Waals surface area contributed by atoms with Gasteiger partial charge < -0.3 is 9.64 Å². The Morgan fingerprint density at radius 1 is 1.17 bits per heavy atom. The summed E-state index contributed by atoms with van der Waals surface area (Å²) in [6.45, 7) is 0.486. The van der Waals surface area contributed by atoms with Gasteiger partial charge in [-0.3, -0.25) is 9.69 Å². The van der Waals surface area contributed by atoms with Gasteiger partial charge in [-0.1, -0.05) is 43.0 Å². The Labute approximate surface area is 141 Å². The molecule has 1 aliphatic heterocycles. The molecule has 5 nitrogen and oxygen atoms in total. The number of imide groups is 1. The van der Waals surface area contributed by atoms with Gasteiger partial charge in [0.25, 0.3) is 5.91 Å². The first-order valence-electron chi connectivity index (χ1n) is 8.03. The van der Waals surface area contributed by atoms with Gasteiger partial charge in [0.1, 0.15) is 17.9 Å². The van der Waals surface area contributed by atoms with Crippen molar-refractivity contribution in [2.45, 2.75) is 37.6 Å². The standard InChI is InChI=1S/C17H21ClN2O3/c1-19-16(22)20(15(21)17(19)9-5-2-6-10-17)11-12-23-14-8-4-3-7-13(14)18/h3-4,7-8H,2,5-6,9-12H2,1H3. The summed E-state index contributed by atoms with van der Waals surface area (Å²) in [6, 6.07) is 6.95. The van der Waals surface area contributed by atoms with Crippen LogP contribution in [0.3, 0.4) is 0 Å². The van der Waals surface area contributed by atoms with Gasteiger partial charge in [-0.05, 0) is 25.0 Å². The van der Waals surface area contributed by atoms with Crippen LogP contribution in [0.15, 0.2) is 24.3 Å². The van der Waals surface area contributed by atoms with Crippen molar-refractivity contribution >= 4 is 23.5 Å². The molecule has 0 N–H and O–H groups in total. The van der Waals surface area contributed by atoms with Crippen molar-refractivity contribution in [1.82, 2.24) is 9.80 Å². The highest BCUT2D eigenvalue weighted by Gasteiger charge is 2.55. The normalized spacial score (nSPS) is 20.4. The van der Waals surface area contributed by atoms with E-state index in [-0.39, 0.29) is 25.1 Å². The molecule has 1 spiro atoms.